The second-order valence-electron chi connectivity index (χ2n) is 6.18. The number of methoxy groups -OCH3 is 1. The van der Waals surface area contributed by atoms with Crippen LogP contribution in [0.4, 0.5) is 5.69 Å². The fourth-order valence-corrected chi connectivity index (χ4v) is 3.65. The first kappa shape index (κ1) is 22.2. The molecule has 1 N–H and O–H groups in total. The second-order valence-corrected chi connectivity index (χ2v) is 9.34. The van der Waals surface area contributed by atoms with Crippen LogP contribution in [0, 0.1) is 10.5 Å². The van der Waals surface area contributed by atoms with Gasteiger partial charge in [0, 0.05) is 3.57 Å². The van der Waals surface area contributed by atoms with E-state index >= 15 is 0 Å². The molecule has 7 nitrogen and oxygen atoms in total. The monoisotopic (exact) mass is 515 g/mol. The van der Waals surface area contributed by atoms with Crippen molar-refractivity contribution in [3.05, 3.63) is 57.2 Å². The minimum absolute atomic E-state index is 0.304. The average molecular weight is 515 g/mol. The molecule has 0 atom stereocenters. The van der Waals surface area contributed by atoms with Gasteiger partial charge < -0.3 is 4.74 Å². The minimum atomic E-state index is -3.71. The summed E-state index contributed by atoms with van der Waals surface area (Å²) in [6.45, 7) is 3.18. The lowest BCUT2D eigenvalue weighted by Gasteiger charge is -2.23. The predicted molar refractivity (Wildman–Crippen MR) is 119 cm³/mol. The highest BCUT2D eigenvalue weighted by molar-refractivity contribution is 14.1. The standard InChI is InChI=1S/C19H22IN3O4S/c1-13-5-10-18(27-3)17(11-13)23(28(4,25)26)12-19(24)22-21-14(2)15-6-8-16(20)9-7-15/h5-11H,12H2,1-4H3,(H,22,24)/b21-14-. The molecule has 0 saturated carbocycles. The van der Waals surface area contributed by atoms with Crippen LogP contribution in [0.5, 0.6) is 5.75 Å². The van der Waals surface area contributed by atoms with Crippen LogP contribution in [0.3, 0.4) is 0 Å². The second kappa shape index (κ2) is 9.37. The van der Waals surface area contributed by atoms with E-state index in [1.54, 1.807) is 25.1 Å². The molecule has 0 aliphatic rings. The van der Waals surface area contributed by atoms with Crippen LogP contribution in [-0.2, 0) is 14.8 Å². The largest absolute Gasteiger partial charge is 0.495 e. The number of benzene rings is 2. The number of rotatable bonds is 7. The first-order valence-electron chi connectivity index (χ1n) is 8.33. The Balaban J connectivity index is 2.22. The summed E-state index contributed by atoms with van der Waals surface area (Å²) >= 11 is 2.20. The molecule has 9 heteroatoms. The van der Waals surface area contributed by atoms with Gasteiger partial charge in [0.2, 0.25) is 10.0 Å². The maximum absolute atomic E-state index is 12.4. The molecule has 0 spiro atoms. The fraction of sp³-hybridized carbons (Fsp3) is 0.263. The van der Waals surface area contributed by atoms with Crippen molar-refractivity contribution in [1.82, 2.24) is 5.43 Å². The maximum atomic E-state index is 12.4. The Hall–Kier alpha value is -2.14. The molecule has 0 heterocycles. The highest BCUT2D eigenvalue weighted by atomic mass is 127. The van der Waals surface area contributed by atoms with E-state index in [1.807, 2.05) is 31.2 Å². The van der Waals surface area contributed by atoms with E-state index in [-0.39, 0.29) is 0 Å². The van der Waals surface area contributed by atoms with Crippen molar-refractivity contribution in [2.24, 2.45) is 5.10 Å². The lowest BCUT2D eigenvalue weighted by Crippen LogP contribution is -2.39. The van der Waals surface area contributed by atoms with Gasteiger partial charge in [-0.25, -0.2) is 13.8 Å². The molecule has 0 fully saturated rings. The molecule has 0 aliphatic heterocycles. The van der Waals surface area contributed by atoms with E-state index in [0.717, 1.165) is 25.3 Å². The summed E-state index contributed by atoms with van der Waals surface area (Å²) < 4.78 is 31.9. The number of sulfonamides is 1. The minimum Gasteiger partial charge on any atom is -0.495 e. The Morgan fingerprint density at radius 3 is 2.43 bits per heavy atom. The molecule has 2 aromatic carbocycles. The van der Waals surface area contributed by atoms with Gasteiger partial charge in [0.25, 0.3) is 5.91 Å². The Bertz CT molecular complexity index is 989. The lowest BCUT2D eigenvalue weighted by molar-refractivity contribution is -0.119. The Morgan fingerprint density at radius 1 is 1.21 bits per heavy atom. The number of amides is 1. The molecular formula is C19H22IN3O4S. The number of carbonyl (C=O) groups excluding carboxylic acids is 1. The molecule has 1 amide bonds. The molecule has 0 saturated heterocycles. The van der Waals surface area contributed by atoms with Gasteiger partial charge >= 0.3 is 0 Å². The topological polar surface area (TPSA) is 88.1 Å². The SMILES string of the molecule is COc1ccc(C)cc1N(CC(=O)N/N=C(/C)c1ccc(I)cc1)S(C)(=O)=O. The summed E-state index contributed by atoms with van der Waals surface area (Å²) in [6, 6.07) is 12.8. The first-order valence-corrected chi connectivity index (χ1v) is 11.3. The summed E-state index contributed by atoms with van der Waals surface area (Å²) in [5.41, 5.74) is 5.05. The van der Waals surface area contributed by atoms with Gasteiger partial charge in [0.1, 0.15) is 12.3 Å². The molecule has 0 unspecified atom stereocenters. The predicted octanol–water partition coefficient (Wildman–Crippen LogP) is 2.91. The molecule has 2 rings (SSSR count). The van der Waals surface area contributed by atoms with Crippen molar-refractivity contribution in [2.45, 2.75) is 13.8 Å². The smallest absolute Gasteiger partial charge is 0.260 e. The summed E-state index contributed by atoms with van der Waals surface area (Å²) in [5.74, 6) is -0.193. The summed E-state index contributed by atoms with van der Waals surface area (Å²) in [7, 11) is -2.27. The third-order valence-corrected chi connectivity index (χ3v) is 5.75. The van der Waals surface area contributed by atoms with Gasteiger partial charge in [0.15, 0.2) is 0 Å². The highest BCUT2D eigenvalue weighted by Gasteiger charge is 2.24. The zero-order valence-corrected chi connectivity index (χ0v) is 19.0. The fourth-order valence-electron chi connectivity index (χ4n) is 2.44. The Kier molecular flexibility index (Phi) is 7.41. The van der Waals surface area contributed by atoms with Crippen LogP contribution in [0.2, 0.25) is 0 Å². The molecule has 0 radical (unpaired) electrons. The Morgan fingerprint density at radius 2 is 1.86 bits per heavy atom. The van der Waals surface area contributed by atoms with Gasteiger partial charge in [-0.2, -0.15) is 5.10 Å². The van der Waals surface area contributed by atoms with Gasteiger partial charge in [-0.1, -0.05) is 18.2 Å². The van der Waals surface area contributed by atoms with Crippen molar-refractivity contribution >= 4 is 49.9 Å². The number of aryl methyl sites for hydroxylation is 1. The zero-order chi connectivity index (χ0) is 20.9. The zero-order valence-electron chi connectivity index (χ0n) is 16.1. The van der Waals surface area contributed by atoms with E-state index in [1.165, 1.54) is 7.11 Å². The van der Waals surface area contributed by atoms with E-state index < -0.39 is 22.5 Å². The third kappa shape index (κ3) is 5.93. The quantitative estimate of drug-likeness (QED) is 0.349. The number of halogens is 1. The van der Waals surface area contributed by atoms with Gasteiger partial charge in [-0.3, -0.25) is 9.10 Å². The molecule has 0 aromatic heterocycles. The number of nitrogens with zero attached hydrogens (tertiary/aromatic N) is 2. The van der Waals surface area contributed by atoms with Gasteiger partial charge in [-0.15, -0.1) is 0 Å². The summed E-state index contributed by atoms with van der Waals surface area (Å²) in [5, 5.41) is 4.07. The molecule has 0 aliphatic carbocycles. The van der Waals surface area contributed by atoms with Crippen molar-refractivity contribution in [2.75, 3.05) is 24.2 Å². The van der Waals surface area contributed by atoms with Crippen molar-refractivity contribution in [3.63, 3.8) is 0 Å². The number of hydrogen-bond donors (Lipinski definition) is 1. The molecular weight excluding hydrogens is 493 g/mol. The van der Waals surface area contributed by atoms with Crippen molar-refractivity contribution < 1.29 is 17.9 Å². The first-order chi connectivity index (χ1) is 13.1. The van der Waals surface area contributed by atoms with Crippen molar-refractivity contribution in [1.29, 1.82) is 0 Å². The number of anilines is 1. The maximum Gasteiger partial charge on any atom is 0.260 e. The van der Waals surface area contributed by atoms with E-state index in [0.29, 0.717) is 17.1 Å². The number of hydrazone groups is 1. The van der Waals surface area contributed by atoms with Crippen molar-refractivity contribution in [3.8, 4) is 5.75 Å². The van der Waals surface area contributed by atoms with E-state index in [4.69, 9.17) is 4.74 Å². The van der Waals surface area contributed by atoms with Crippen LogP contribution in [0.25, 0.3) is 0 Å². The summed E-state index contributed by atoms with van der Waals surface area (Å²) in [4.78, 5) is 12.4. The van der Waals surface area contributed by atoms with Crippen LogP contribution < -0.4 is 14.5 Å². The molecule has 2 aromatic rings. The summed E-state index contributed by atoms with van der Waals surface area (Å²) in [6.07, 6.45) is 1.04. The van der Waals surface area contributed by atoms with Crippen LogP contribution >= 0.6 is 22.6 Å². The number of hydrogen-bond acceptors (Lipinski definition) is 5. The number of nitrogens with one attached hydrogen (secondary N) is 1. The molecule has 0 bridgehead atoms. The number of ether oxygens (including phenoxy) is 1. The highest BCUT2D eigenvalue weighted by Crippen LogP contribution is 2.30. The normalized spacial score (nSPS) is 11.8. The third-order valence-electron chi connectivity index (χ3n) is 3.90. The van der Waals surface area contributed by atoms with Gasteiger partial charge in [0.05, 0.1) is 24.8 Å². The average Bonchev–Trinajstić information content (AvgIpc) is 2.63. The van der Waals surface area contributed by atoms with Crippen LogP contribution in [-0.4, -0.2) is 39.9 Å². The lowest BCUT2D eigenvalue weighted by atomic mass is 10.1. The Labute approximate surface area is 179 Å². The molecule has 28 heavy (non-hydrogen) atoms. The van der Waals surface area contributed by atoms with Gasteiger partial charge in [-0.05, 0) is 71.8 Å². The van der Waals surface area contributed by atoms with E-state index in [2.05, 4.69) is 33.1 Å². The van der Waals surface area contributed by atoms with E-state index in [9.17, 15) is 13.2 Å². The molecule has 150 valence electrons. The number of carbonyl (C=O) groups is 1. The van der Waals surface area contributed by atoms with Crippen LogP contribution in [0.15, 0.2) is 47.6 Å². The van der Waals surface area contributed by atoms with Crippen LogP contribution in [0.1, 0.15) is 18.1 Å².